The van der Waals surface area contributed by atoms with Crippen LogP contribution in [-0.2, 0) is 32.7 Å². The number of halogens is 3. The van der Waals surface area contributed by atoms with E-state index < -0.39 is 11.7 Å². The summed E-state index contributed by atoms with van der Waals surface area (Å²) in [6, 6.07) is 4.95. The topological polar surface area (TPSA) is 56.1 Å². The molecule has 0 unspecified atom stereocenters. The molecule has 0 radical (unpaired) electrons. The van der Waals surface area contributed by atoms with Gasteiger partial charge in [0.25, 0.3) is 0 Å². The fourth-order valence-corrected chi connectivity index (χ4v) is 3.80. The number of hydrogen-bond acceptors (Lipinski definition) is 5. The lowest BCUT2D eigenvalue weighted by Gasteiger charge is -2.28. The molecule has 0 saturated heterocycles. The number of alkyl halides is 3. The van der Waals surface area contributed by atoms with Gasteiger partial charge in [-0.3, -0.25) is 4.90 Å². The van der Waals surface area contributed by atoms with Crippen molar-refractivity contribution in [1.29, 1.82) is 0 Å². The first kappa shape index (κ1) is 20.3. The minimum Gasteiger partial charge on any atom is -0.481 e. The lowest BCUT2D eigenvalue weighted by molar-refractivity contribution is -0.137. The Morgan fingerprint density at radius 2 is 1.90 bits per heavy atom. The van der Waals surface area contributed by atoms with E-state index in [0.717, 1.165) is 53.5 Å². The predicted molar refractivity (Wildman–Crippen MR) is 105 cm³/mol. The van der Waals surface area contributed by atoms with Gasteiger partial charge in [0.2, 0.25) is 5.88 Å². The van der Waals surface area contributed by atoms with Crippen LogP contribution in [0.1, 0.15) is 28.1 Å². The second kappa shape index (κ2) is 7.71. The summed E-state index contributed by atoms with van der Waals surface area (Å²) < 4.78 is 45.5. The first-order valence-electron chi connectivity index (χ1n) is 9.57. The van der Waals surface area contributed by atoms with Crippen molar-refractivity contribution in [2.45, 2.75) is 32.6 Å². The number of methoxy groups -OCH3 is 1. The monoisotopic (exact) mass is 417 g/mol. The Bertz CT molecular complexity index is 1060. The summed E-state index contributed by atoms with van der Waals surface area (Å²) in [5.74, 6) is 1.20. The van der Waals surface area contributed by atoms with E-state index in [1.807, 2.05) is 14.0 Å². The molecule has 2 aromatic heterocycles. The van der Waals surface area contributed by atoms with Crippen LogP contribution < -0.4 is 4.74 Å². The number of ether oxygens (including phenoxy) is 1. The Labute approximate surface area is 172 Å². The maximum absolute atomic E-state index is 12.8. The molecule has 30 heavy (non-hydrogen) atoms. The van der Waals surface area contributed by atoms with Gasteiger partial charge in [-0.05, 0) is 19.1 Å². The van der Waals surface area contributed by atoms with E-state index in [1.54, 1.807) is 18.0 Å². The number of hydrogen-bond donors (Lipinski definition) is 0. The van der Waals surface area contributed by atoms with Crippen molar-refractivity contribution in [1.82, 2.24) is 24.6 Å². The molecule has 6 nitrogen and oxygen atoms in total. The van der Waals surface area contributed by atoms with E-state index >= 15 is 0 Å². The second-order valence-electron chi connectivity index (χ2n) is 7.40. The highest BCUT2D eigenvalue weighted by molar-refractivity contribution is 5.56. The Morgan fingerprint density at radius 1 is 1.17 bits per heavy atom. The number of nitrogens with zero attached hydrogens (tertiary/aromatic N) is 5. The van der Waals surface area contributed by atoms with Gasteiger partial charge in [-0.2, -0.15) is 18.3 Å². The third-order valence-electron chi connectivity index (χ3n) is 5.35. The SMILES string of the molecule is COc1c(CN2CCc3nc(-c4ccc(C(F)(F)F)cc4)ncc3C2)c(C)nn1C. The van der Waals surface area contributed by atoms with Crippen LogP contribution >= 0.6 is 0 Å². The fourth-order valence-electron chi connectivity index (χ4n) is 3.80. The molecule has 1 aliphatic heterocycles. The summed E-state index contributed by atoms with van der Waals surface area (Å²) in [5, 5.41) is 4.43. The van der Waals surface area contributed by atoms with E-state index in [1.165, 1.54) is 12.1 Å². The van der Waals surface area contributed by atoms with Gasteiger partial charge in [-0.1, -0.05) is 12.1 Å². The highest BCUT2D eigenvalue weighted by atomic mass is 19.4. The summed E-state index contributed by atoms with van der Waals surface area (Å²) in [5.41, 5.74) is 3.85. The van der Waals surface area contributed by atoms with Crippen LogP contribution in [0, 0.1) is 6.92 Å². The highest BCUT2D eigenvalue weighted by Gasteiger charge is 2.30. The van der Waals surface area contributed by atoms with Gasteiger partial charge < -0.3 is 4.74 Å². The zero-order valence-electron chi connectivity index (χ0n) is 17.0. The molecule has 0 fully saturated rings. The molecule has 3 aromatic rings. The lowest BCUT2D eigenvalue weighted by Crippen LogP contribution is -2.31. The molecule has 1 aliphatic rings. The van der Waals surface area contributed by atoms with Crippen molar-refractivity contribution in [2.24, 2.45) is 7.05 Å². The smallest absolute Gasteiger partial charge is 0.416 e. The first-order valence-corrected chi connectivity index (χ1v) is 9.57. The molecule has 1 aromatic carbocycles. The molecule has 0 spiro atoms. The van der Waals surface area contributed by atoms with Gasteiger partial charge in [-0.25, -0.2) is 14.6 Å². The molecular formula is C21H22F3N5O. The van der Waals surface area contributed by atoms with Gasteiger partial charge in [0.05, 0.1) is 29.6 Å². The van der Waals surface area contributed by atoms with Crippen molar-refractivity contribution in [2.75, 3.05) is 13.7 Å². The minimum atomic E-state index is -4.35. The van der Waals surface area contributed by atoms with E-state index in [4.69, 9.17) is 4.74 Å². The normalized spacial score (nSPS) is 14.6. The summed E-state index contributed by atoms with van der Waals surface area (Å²) in [6.07, 6.45) is -1.84. The minimum absolute atomic E-state index is 0.445. The summed E-state index contributed by atoms with van der Waals surface area (Å²) in [4.78, 5) is 11.3. The third-order valence-corrected chi connectivity index (χ3v) is 5.35. The maximum Gasteiger partial charge on any atom is 0.416 e. The first-order chi connectivity index (χ1) is 14.3. The van der Waals surface area contributed by atoms with Gasteiger partial charge in [0.1, 0.15) is 0 Å². The zero-order valence-corrected chi connectivity index (χ0v) is 17.0. The summed E-state index contributed by atoms with van der Waals surface area (Å²) in [7, 11) is 3.50. The number of aromatic nitrogens is 4. The number of benzene rings is 1. The average molecular weight is 417 g/mol. The number of aryl methyl sites for hydroxylation is 2. The standard InChI is InChI=1S/C21H22F3N5O/c1-13-17(20(30-3)28(2)27-13)12-29-9-8-18-15(11-29)10-25-19(26-18)14-4-6-16(7-5-14)21(22,23)24/h4-7,10H,8-9,11-12H2,1-3H3. The molecular weight excluding hydrogens is 395 g/mol. The van der Waals surface area contributed by atoms with Crippen molar-refractivity contribution in [3.63, 3.8) is 0 Å². The molecule has 0 bridgehead atoms. The van der Waals surface area contributed by atoms with Crippen molar-refractivity contribution >= 4 is 0 Å². The average Bonchev–Trinajstić information content (AvgIpc) is 2.99. The third kappa shape index (κ3) is 3.89. The van der Waals surface area contributed by atoms with Gasteiger partial charge in [0, 0.05) is 50.4 Å². The van der Waals surface area contributed by atoms with Crippen molar-refractivity contribution in [3.05, 3.63) is 58.5 Å². The Balaban J connectivity index is 1.51. The molecule has 158 valence electrons. The summed E-state index contributed by atoms with van der Waals surface area (Å²) >= 11 is 0. The Morgan fingerprint density at radius 3 is 2.57 bits per heavy atom. The molecule has 0 atom stereocenters. The van der Waals surface area contributed by atoms with E-state index in [9.17, 15) is 13.2 Å². The Hall–Kier alpha value is -2.94. The van der Waals surface area contributed by atoms with Gasteiger partial charge in [0.15, 0.2) is 5.82 Å². The second-order valence-corrected chi connectivity index (χ2v) is 7.40. The van der Waals surface area contributed by atoms with Crippen LogP contribution in [0.25, 0.3) is 11.4 Å². The fraction of sp³-hybridized carbons (Fsp3) is 0.381. The molecule has 0 saturated carbocycles. The van der Waals surface area contributed by atoms with E-state index in [-0.39, 0.29) is 0 Å². The molecule has 4 rings (SSSR count). The van der Waals surface area contributed by atoms with Crippen LogP contribution in [0.15, 0.2) is 30.5 Å². The van der Waals surface area contributed by atoms with Crippen LogP contribution in [0.5, 0.6) is 5.88 Å². The zero-order chi connectivity index (χ0) is 21.5. The molecule has 0 amide bonds. The van der Waals surface area contributed by atoms with E-state index in [2.05, 4.69) is 20.0 Å². The van der Waals surface area contributed by atoms with E-state index in [0.29, 0.717) is 24.5 Å². The van der Waals surface area contributed by atoms with Crippen LogP contribution in [0.4, 0.5) is 13.2 Å². The Kier molecular flexibility index (Phi) is 5.23. The molecule has 3 heterocycles. The van der Waals surface area contributed by atoms with Gasteiger partial charge >= 0.3 is 6.18 Å². The van der Waals surface area contributed by atoms with Crippen molar-refractivity contribution in [3.8, 4) is 17.3 Å². The quantitative estimate of drug-likeness (QED) is 0.647. The molecule has 0 N–H and O–H groups in total. The van der Waals surface area contributed by atoms with Crippen molar-refractivity contribution < 1.29 is 17.9 Å². The van der Waals surface area contributed by atoms with Crippen LogP contribution in [0.2, 0.25) is 0 Å². The highest BCUT2D eigenvalue weighted by Crippen LogP contribution is 2.31. The van der Waals surface area contributed by atoms with Gasteiger partial charge in [-0.15, -0.1) is 0 Å². The lowest BCUT2D eigenvalue weighted by atomic mass is 10.1. The number of fused-ring (bicyclic) bond motifs is 1. The summed E-state index contributed by atoms with van der Waals surface area (Å²) in [6.45, 7) is 4.19. The van der Waals surface area contributed by atoms with Crippen LogP contribution in [0.3, 0.4) is 0 Å². The largest absolute Gasteiger partial charge is 0.481 e. The molecule has 9 heteroatoms. The molecule has 0 aliphatic carbocycles. The van der Waals surface area contributed by atoms with Crippen LogP contribution in [-0.4, -0.2) is 38.3 Å². The predicted octanol–water partition coefficient (Wildman–Crippen LogP) is 3.77. The maximum atomic E-state index is 12.8. The number of rotatable bonds is 4.